The Labute approximate surface area is 104 Å². The summed E-state index contributed by atoms with van der Waals surface area (Å²) >= 11 is 0. The van der Waals surface area contributed by atoms with Gasteiger partial charge in [-0.3, -0.25) is 4.79 Å². The number of rotatable bonds is 1. The van der Waals surface area contributed by atoms with E-state index in [1.165, 1.54) is 0 Å². The fourth-order valence-corrected chi connectivity index (χ4v) is 3.78. The lowest BCUT2D eigenvalue weighted by Gasteiger charge is -2.52. The molecule has 5 atom stereocenters. The van der Waals surface area contributed by atoms with E-state index in [2.05, 4.69) is 13.5 Å². The maximum Gasteiger partial charge on any atom is 0.142 e. The maximum absolute atomic E-state index is 12.4. The average molecular weight is 236 g/mol. The second-order valence-electron chi connectivity index (χ2n) is 6.24. The standard InChI is InChI=1S/C15H24O2/c1-9(2)12-6-5-11(4)15(17)8-7-10(3)14(16)13(12)15/h10-13,17H,1,5-8H2,2-4H3/t10-,11+,12+,13-,15-/m1/s1. The summed E-state index contributed by atoms with van der Waals surface area (Å²) in [5.41, 5.74) is 0.286. The molecule has 17 heavy (non-hydrogen) atoms. The van der Waals surface area contributed by atoms with E-state index in [0.717, 1.165) is 31.3 Å². The Hall–Kier alpha value is -0.630. The molecular formula is C15H24O2. The van der Waals surface area contributed by atoms with Gasteiger partial charge in [0.05, 0.1) is 11.5 Å². The predicted molar refractivity (Wildman–Crippen MR) is 68.5 cm³/mol. The monoisotopic (exact) mass is 236 g/mol. The third kappa shape index (κ3) is 1.87. The Balaban J connectivity index is 2.38. The van der Waals surface area contributed by atoms with Crippen LogP contribution in [0.5, 0.6) is 0 Å². The van der Waals surface area contributed by atoms with Crippen molar-refractivity contribution in [3.05, 3.63) is 12.2 Å². The molecule has 0 aromatic carbocycles. The normalized spacial score (nSPS) is 46.5. The fraction of sp³-hybridized carbons (Fsp3) is 0.800. The van der Waals surface area contributed by atoms with Crippen LogP contribution in [-0.4, -0.2) is 16.5 Å². The molecule has 0 saturated heterocycles. The van der Waals surface area contributed by atoms with Gasteiger partial charge in [-0.05, 0) is 44.4 Å². The first kappa shape index (κ1) is 12.8. The average Bonchev–Trinajstić information content (AvgIpc) is 2.26. The lowest BCUT2D eigenvalue weighted by Crippen LogP contribution is -2.58. The number of carbonyl (C=O) groups excluding carboxylic acids is 1. The van der Waals surface area contributed by atoms with Crippen LogP contribution in [0.25, 0.3) is 0 Å². The van der Waals surface area contributed by atoms with Crippen molar-refractivity contribution in [1.29, 1.82) is 0 Å². The summed E-state index contributed by atoms with van der Waals surface area (Å²) in [6.07, 6.45) is 3.61. The third-order valence-corrected chi connectivity index (χ3v) is 5.11. The molecule has 0 aromatic rings. The first-order chi connectivity index (χ1) is 7.88. The van der Waals surface area contributed by atoms with Crippen LogP contribution in [0.2, 0.25) is 0 Å². The Morgan fingerprint density at radius 1 is 1.35 bits per heavy atom. The summed E-state index contributed by atoms with van der Waals surface area (Å²) < 4.78 is 0. The van der Waals surface area contributed by atoms with Gasteiger partial charge in [-0.1, -0.05) is 26.0 Å². The van der Waals surface area contributed by atoms with Crippen LogP contribution in [0, 0.1) is 23.7 Å². The molecular weight excluding hydrogens is 212 g/mol. The van der Waals surface area contributed by atoms with Gasteiger partial charge in [0.25, 0.3) is 0 Å². The Morgan fingerprint density at radius 3 is 2.59 bits per heavy atom. The Bertz CT molecular complexity index is 347. The zero-order chi connectivity index (χ0) is 12.8. The van der Waals surface area contributed by atoms with E-state index >= 15 is 0 Å². The van der Waals surface area contributed by atoms with Crippen molar-refractivity contribution < 1.29 is 9.90 Å². The summed E-state index contributed by atoms with van der Waals surface area (Å²) in [5.74, 6) is 0.587. The van der Waals surface area contributed by atoms with Crippen molar-refractivity contribution >= 4 is 5.78 Å². The van der Waals surface area contributed by atoms with E-state index in [1.807, 2.05) is 13.8 Å². The number of ketones is 1. The molecule has 0 radical (unpaired) electrons. The number of carbonyl (C=O) groups is 1. The number of aliphatic hydroxyl groups is 1. The first-order valence-corrected chi connectivity index (χ1v) is 6.79. The first-order valence-electron chi connectivity index (χ1n) is 6.79. The largest absolute Gasteiger partial charge is 0.389 e. The van der Waals surface area contributed by atoms with Crippen molar-refractivity contribution in [2.45, 2.75) is 52.1 Å². The molecule has 0 aliphatic heterocycles. The Morgan fingerprint density at radius 2 is 2.00 bits per heavy atom. The third-order valence-electron chi connectivity index (χ3n) is 5.11. The van der Waals surface area contributed by atoms with Gasteiger partial charge in [-0.2, -0.15) is 0 Å². The van der Waals surface area contributed by atoms with E-state index in [1.54, 1.807) is 0 Å². The fourth-order valence-electron chi connectivity index (χ4n) is 3.78. The van der Waals surface area contributed by atoms with Crippen LogP contribution in [-0.2, 0) is 4.79 Å². The van der Waals surface area contributed by atoms with Crippen molar-refractivity contribution in [3.8, 4) is 0 Å². The molecule has 2 saturated carbocycles. The molecule has 0 unspecified atom stereocenters. The summed E-state index contributed by atoms with van der Waals surface area (Å²) in [6, 6.07) is 0. The van der Waals surface area contributed by atoms with E-state index in [4.69, 9.17) is 0 Å². The van der Waals surface area contributed by atoms with Crippen molar-refractivity contribution in [3.63, 3.8) is 0 Å². The molecule has 2 rings (SSSR count). The minimum absolute atomic E-state index is 0.104. The van der Waals surface area contributed by atoms with Crippen molar-refractivity contribution in [2.24, 2.45) is 23.7 Å². The molecule has 2 fully saturated rings. The summed E-state index contributed by atoms with van der Waals surface area (Å²) in [5, 5.41) is 10.9. The molecule has 0 amide bonds. The lowest BCUT2D eigenvalue weighted by atomic mass is 9.55. The number of Topliss-reactive ketones (excluding diaryl/α,β-unsaturated/α-hetero) is 1. The topological polar surface area (TPSA) is 37.3 Å². The second kappa shape index (κ2) is 4.24. The smallest absolute Gasteiger partial charge is 0.142 e. The van der Waals surface area contributed by atoms with E-state index in [-0.39, 0.29) is 29.5 Å². The lowest BCUT2D eigenvalue weighted by molar-refractivity contribution is -0.164. The highest BCUT2D eigenvalue weighted by Gasteiger charge is 2.55. The minimum atomic E-state index is -0.772. The van der Waals surface area contributed by atoms with E-state index in [0.29, 0.717) is 0 Å². The molecule has 0 aromatic heterocycles. The van der Waals surface area contributed by atoms with Crippen LogP contribution in [0.15, 0.2) is 12.2 Å². The molecule has 0 heterocycles. The summed E-state index contributed by atoms with van der Waals surface area (Å²) in [4.78, 5) is 12.4. The van der Waals surface area contributed by atoms with Crippen LogP contribution >= 0.6 is 0 Å². The van der Waals surface area contributed by atoms with Gasteiger partial charge < -0.3 is 5.11 Å². The summed E-state index contributed by atoms with van der Waals surface area (Å²) in [7, 11) is 0. The maximum atomic E-state index is 12.4. The van der Waals surface area contributed by atoms with Gasteiger partial charge in [0, 0.05) is 5.92 Å². The van der Waals surface area contributed by atoms with Crippen molar-refractivity contribution in [2.75, 3.05) is 0 Å². The number of hydrogen-bond donors (Lipinski definition) is 1. The van der Waals surface area contributed by atoms with E-state index in [9.17, 15) is 9.90 Å². The van der Waals surface area contributed by atoms with Gasteiger partial charge in [0.15, 0.2) is 0 Å². The molecule has 2 nitrogen and oxygen atoms in total. The van der Waals surface area contributed by atoms with Gasteiger partial charge in [0.1, 0.15) is 5.78 Å². The van der Waals surface area contributed by atoms with Crippen LogP contribution < -0.4 is 0 Å². The number of hydrogen-bond acceptors (Lipinski definition) is 2. The SMILES string of the molecule is C=C(C)[C@@H]1CC[C@H](C)[C@]2(O)CC[C@@H](C)C(=O)[C@@H]12. The summed E-state index contributed by atoms with van der Waals surface area (Å²) in [6.45, 7) is 10.1. The van der Waals surface area contributed by atoms with Gasteiger partial charge >= 0.3 is 0 Å². The minimum Gasteiger partial charge on any atom is -0.389 e. The Kier molecular flexibility index (Phi) is 3.19. The molecule has 0 spiro atoms. The van der Waals surface area contributed by atoms with Crippen molar-refractivity contribution in [1.82, 2.24) is 0 Å². The highest BCUT2D eigenvalue weighted by Crippen LogP contribution is 2.50. The van der Waals surface area contributed by atoms with Crippen LogP contribution in [0.1, 0.15) is 46.5 Å². The molecule has 96 valence electrons. The quantitative estimate of drug-likeness (QED) is 0.711. The van der Waals surface area contributed by atoms with Crippen LogP contribution in [0.3, 0.4) is 0 Å². The molecule has 1 N–H and O–H groups in total. The zero-order valence-electron chi connectivity index (χ0n) is 11.2. The second-order valence-corrected chi connectivity index (χ2v) is 6.24. The van der Waals surface area contributed by atoms with Gasteiger partial charge in [-0.15, -0.1) is 0 Å². The van der Waals surface area contributed by atoms with Gasteiger partial charge in [-0.25, -0.2) is 0 Å². The van der Waals surface area contributed by atoms with Gasteiger partial charge in [0.2, 0.25) is 0 Å². The molecule has 2 aliphatic carbocycles. The number of fused-ring (bicyclic) bond motifs is 1. The molecule has 2 aliphatic rings. The molecule has 0 bridgehead atoms. The highest BCUT2D eigenvalue weighted by molar-refractivity contribution is 5.86. The van der Waals surface area contributed by atoms with Crippen LogP contribution in [0.4, 0.5) is 0 Å². The predicted octanol–water partition coefficient (Wildman–Crippen LogP) is 2.95. The van der Waals surface area contributed by atoms with E-state index < -0.39 is 5.60 Å². The highest BCUT2D eigenvalue weighted by atomic mass is 16.3. The number of allylic oxidation sites excluding steroid dienone is 1. The molecule has 2 heteroatoms. The zero-order valence-corrected chi connectivity index (χ0v) is 11.2.